The molecule has 0 spiro atoms. The first-order chi connectivity index (χ1) is 13.2. The monoisotopic (exact) mass is 386 g/mol. The summed E-state index contributed by atoms with van der Waals surface area (Å²) in [6.07, 6.45) is 8.51. The van der Waals surface area contributed by atoms with Gasteiger partial charge in [0, 0.05) is 18.8 Å². The Morgan fingerprint density at radius 1 is 1.21 bits per heavy atom. The molecule has 152 valence electrons. The van der Waals surface area contributed by atoms with Crippen LogP contribution in [0.2, 0.25) is 0 Å². The van der Waals surface area contributed by atoms with Gasteiger partial charge in [-0.2, -0.15) is 0 Å². The van der Waals surface area contributed by atoms with E-state index in [0.29, 0.717) is 24.7 Å². The zero-order valence-corrected chi connectivity index (χ0v) is 17.0. The third-order valence-electron chi connectivity index (χ3n) is 8.26. The number of fused-ring (bicyclic) bond motifs is 5. The van der Waals surface area contributed by atoms with Crippen LogP contribution in [-0.2, 0) is 19.1 Å². The molecular formula is C23H30O5. The number of allylic oxidation sites excluding steroid dienone is 2. The number of carbonyl (C=O) groups excluding carboxylic acids is 3. The summed E-state index contributed by atoms with van der Waals surface area (Å²) in [4.78, 5) is 36.6. The standard InChI is InChI=1S/C23H30O5/c1-13(25)23(28-14(2)26)9-7-21-20-10-15(12-24)19-11-16(27)4-5-17(19)18(20)6-8-22(21,23)3/h10-11,17-18,20-21,24H,4-9,12H2,1-3H3/t17-,18+,20+,21-,22-,23-/m0/s1. The van der Waals surface area contributed by atoms with Gasteiger partial charge in [0.25, 0.3) is 0 Å². The van der Waals surface area contributed by atoms with E-state index >= 15 is 0 Å². The second kappa shape index (κ2) is 6.65. The summed E-state index contributed by atoms with van der Waals surface area (Å²) < 4.78 is 5.77. The maximum Gasteiger partial charge on any atom is 0.303 e. The minimum Gasteiger partial charge on any atom is -0.451 e. The molecule has 4 rings (SSSR count). The molecule has 5 nitrogen and oxygen atoms in total. The number of carbonyl (C=O) groups is 3. The van der Waals surface area contributed by atoms with Gasteiger partial charge in [-0.1, -0.05) is 13.0 Å². The maximum atomic E-state index is 12.7. The van der Waals surface area contributed by atoms with Crippen molar-refractivity contribution in [2.75, 3.05) is 6.61 Å². The van der Waals surface area contributed by atoms with E-state index < -0.39 is 17.0 Å². The Morgan fingerprint density at radius 3 is 2.61 bits per heavy atom. The van der Waals surface area contributed by atoms with Gasteiger partial charge in [0.15, 0.2) is 17.2 Å². The van der Waals surface area contributed by atoms with Crippen molar-refractivity contribution in [2.45, 2.75) is 64.9 Å². The van der Waals surface area contributed by atoms with Crippen molar-refractivity contribution in [3.63, 3.8) is 0 Å². The van der Waals surface area contributed by atoms with Crippen LogP contribution in [0.3, 0.4) is 0 Å². The number of aliphatic hydroxyl groups is 1. The van der Waals surface area contributed by atoms with Gasteiger partial charge in [-0.3, -0.25) is 14.4 Å². The van der Waals surface area contributed by atoms with Crippen LogP contribution in [0, 0.1) is 29.1 Å². The quantitative estimate of drug-likeness (QED) is 0.754. The lowest BCUT2D eigenvalue weighted by molar-refractivity contribution is -0.184. The van der Waals surface area contributed by atoms with E-state index in [4.69, 9.17) is 4.74 Å². The average molecular weight is 386 g/mol. The van der Waals surface area contributed by atoms with Crippen molar-refractivity contribution >= 4 is 17.5 Å². The normalized spacial score (nSPS) is 41.9. The van der Waals surface area contributed by atoms with Crippen LogP contribution in [0.5, 0.6) is 0 Å². The molecule has 0 aromatic carbocycles. The highest BCUT2D eigenvalue weighted by Crippen LogP contribution is 2.65. The fourth-order valence-electron chi connectivity index (χ4n) is 7.05. The van der Waals surface area contributed by atoms with Crippen LogP contribution in [0.4, 0.5) is 0 Å². The Bertz CT molecular complexity index is 793. The van der Waals surface area contributed by atoms with Gasteiger partial charge in [0.05, 0.1) is 6.61 Å². The van der Waals surface area contributed by atoms with Gasteiger partial charge in [-0.25, -0.2) is 0 Å². The molecule has 0 heterocycles. The van der Waals surface area contributed by atoms with Gasteiger partial charge in [-0.15, -0.1) is 0 Å². The molecule has 0 aliphatic heterocycles. The summed E-state index contributed by atoms with van der Waals surface area (Å²) in [5, 5.41) is 9.98. The van der Waals surface area contributed by atoms with Crippen LogP contribution in [0.25, 0.3) is 0 Å². The summed E-state index contributed by atoms with van der Waals surface area (Å²) in [7, 11) is 0. The van der Waals surface area contributed by atoms with Crippen molar-refractivity contribution < 1.29 is 24.2 Å². The third-order valence-corrected chi connectivity index (χ3v) is 8.26. The lowest BCUT2D eigenvalue weighted by Crippen LogP contribution is -2.57. The van der Waals surface area contributed by atoms with Crippen molar-refractivity contribution in [1.29, 1.82) is 0 Å². The Hall–Kier alpha value is -1.75. The van der Waals surface area contributed by atoms with Crippen molar-refractivity contribution in [3.05, 3.63) is 23.3 Å². The molecule has 0 unspecified atom stereocenters. The van der Waals surface area contributed by atoms with E-state index in [9.17, 15) is 19.5 Å². The zero-order valence-electron chi connectivity index (χ0n) is 17.0. The summed E-state index contributed by atoms with van der Waals surface area (Å²) in [5.74, 6) is 0.898. The van der Waals surface area contributed by atoms with E-state index in [1.54, 1.807) is 13.0 Å². The molecule has 28 heavy (non-hydrogen) atoms. The summed E-state index contributed by atoms with van der Waals surface area (Å²) >= 11 is 0. The van der Waals surface area contributed by atoms with Crippen molar-refractivity contribution in [3.8, 4) is 0 Å². The number of hydrogen-bond acceptors (Lipinski definition) is 5. The largest absolute Gasteiger partial charge is 0.451 e. The predicted molar refractivity (Wildman–Crippen MR) is 103 cm³/mol. The van der Waals surface area contributed by atoms with Crippen LogP contribution in [0.15, 0.2) is 23.3 Å². The van der Waals surface area contributed by atoms with Gasteiger partial charge in [-0.05, 0) is 79.9 Å². The number of rotatable bonds is 3. The summed E-state index contributed by atoms with van der Waals surface area (Å²) in [6.45, 7) is 4.98. The molecule has 4 aliphatic carbocycles. The van der Waals surface area contributed by atoms with E-state index in [1.165, 1.54) is 6.92 Å². The Labute approximate surface area is 166 Å². The highest BCUT2D eigenvalue weighted by molar-refractivity contribution is 5.92. The number of ether oxygens (including phenoxy) is 1. The maximum absolute atomic E-state index is 12.7. The molecule has 0 saturated heterocycles. The number of ketones is 2. The first kappa shape index (κ1) is 19.6. The van der Waals surface area contributed by atoms with Crippen LogP contribution in [-0.4, -0.2) is 34.9 Å². The number of esters is 1. The van der Waals surface area contributed by atoms with E-state index in [-0.39, 0.29) is 30.0 Å². The Kier molecular flexibility index (Phi) is 4.65. The lowest BCUT2D eigenvalue weighted by atomic mass is 9.51. The van der Waals surface area contributed by atoms with E-state index in [2.05, 4.69) is 13.0 Å². The average Bonchev–Trinajstić information content (AvgIpc) is 2.94. The van der Waals surface area contributed by atoms with Crippen LogP contribution in [0.1, 0.15) is 59.3 Å². The number of Topliss-reactive ketones (excluding diaryl/α,β-unsaturated/α-hetero) is 1. The number of hydrogen-bond donors (Lipinski definition) is 1. The molecule has 6 atom stereocenters. The molecule has 2 saturated carbocycles. The molecular weight excluding hydrogens is 356 g/mol. The fraction of sp³-hybridized carbons (Fsp3) is 0.696. The topological polar surface area (TPSA) is 80.7 Å². The summed E-state index contributed by atoms with van der Waals surface area (Å²) in [6, 6.07) is 0. The molecule has 0 bridgehead atoms. The lowest BCUT2D eigenvalue weighted by Gasteiger charge is -2.54. The Balaban J connectivity index is 1.77. The fourth-order valence-corrected chi connectivity index (χ4v) is 7.05. The molecule has 1 N–H and O–H groups in total. The molecule has 5 heteroatoms. The van der Waals surface area contributed by atoms with Gasteiger partial charge in [0.1, 0.15) is 0 Å². The first-order valence-corrected chi connectivity index (χ1v) is 10.5. The highest BCUT2D eigenvalue weighted by atomic mass is 16.6. The summed E-state index contributed by atoms with van der Waals surface area (Å²) in [5.41, 5.74) is 0.463. The second-order valence-corrected chi connectivity index (χ2v) is 9.38. The minimum absolute atomic E-state index is 0.0582. The highest BCUT2D eigenvalue weighted by Gasteiger charge is 2.66. The Morgan fingerprint density at radius 2 is 1.96 bits per heavy atom. The van der Waals surface area contributed by atoms with E-state index in [1.807, 2.05) is 0 Å². The minimum atomic E-state index is -1.04. The smallest absolute Gasteiger partial charge is 0.303 e. The first-order valence-electron chi connectivity index (χ1n) is 10.5. The predicted octanol–water partition coefficient (Wildman–Crippen LogP) is 3.16. The van der Waals surface area contributed by atoms with Gasteiger partial charge in [0.2, 0.25) is 0 Å². The molecule has 0 aromatic rings. The third kappa shape index (κ3) is 2.58. The number of aliphatic hydroxyl groups excluding tert-OH is 1. The van der Waals surface area contributed by atoms with Gasteiger partial charge < -0.3 is 9.84 Å². The molecule has 0 aromatic heterocycles. The van der Waals surface area contributed by atoms with E-state index in [0.717, 1.165) is 36.8 Å². The molecule has 0 radical (unpaired) electrons. The SMILES string of the molecule is CC(=O)O[C@]1(C(C)=O)CC[C@H]2[C@@H]3C=C(CO)C4=CC(=O)CC[C@H]4[C@H]3CC[C@@]21C. The van der Waals surface area contributed by atoms with Crippen LogP contribution < -0.4 is 0 Å². The van der Waals surface area contributed by atoms with Gasteiger partial charge >= 0.3 is 5.97 Å². The van der Waals surface area contributed by atoms with Crippen molar-refractivity contribution in [1.82, 2.24) is 0 Å². The second-order valence-electron chi connectivity index (χ2n) is 9.38. The molecule has 0 amide bonds. The molecule has 2 fully saturated rings. The molecule has 4 aliphatic rings. The van der Waals surface area contributed by atoms with Crippen LogP contribution >= 0.6 is 0 Å². The zero-order chi connectivity index (χ0) is 20.3. The van der Waals surface area contributed by atoms with Crippen molar-refractivity contribution in [2.24, 2.45) is 29.1 Å².